The normalized spacial score (nSPS) is 22.7. The van der Waals surface area contributed by atoms with E-state index in [4.69, 9.17) is 9.47 Å². The summed E-state index contributed by atoms with van der Waals surface area (Å²) < 4.78 is 38.7. The van der Waals surface area contributed by atoms with E-state index in [1.165, 1.54) is 0 Å². The Bertz CT molecular complexity index is 1150. The van der Waals surface area contributed by atoms with Crippen LogP contribution in [0.25, 0.3) is 0 Å². The predicted molar refractivity (Wildman–Crippen MR) is 122 cm³/mol. The van der Waals surface area contributed by atoms with E-state index < -0.39 is 27.3 Å². The number of fused-ring (bicyclic) bond motifs is 1. The van der Waals surface area contributed by atoms with Gasteiger partial charge in [-0.3, -0.25) is 9.71 Å². The standard InChI is InChI=1S/C24H24N2O5S/c1-17-11-13-18(14-12-17)24(27)31-20(16-30-19-7-3-2-4-8-19)15-25-23-21-9-5-6-10-22(21)32(28,29)26-23/h2-14,20-22H,15-16H2,1H3,(H,25,26). The van der Waals surface area contributed by atoms with Gasteiger partial charge in [0, 0.05) is 0 Å². The summed E-state index contributed by atoms with van der Waals surface area (Å²) in [5, 5.41) is -0.680. The Hall–Kier alpha value is -3.39. The number of sulfonamides is 1. The van der Waals surface area contributed by atoms with Crippen molar-refractivity contribution in [1.82, 2.24) is 4.72 Å². The molecule has 2 aliphatic rings. The number of nitrogens with zero attached hydrogens (tertiary/aromatic N) is 1. The molecule has 8 heteroatoms. The molecule has 1 aliphatic heterocycles. The van der Waals surface area contributed by atoms with Crippen LogP contribution in [0.5, 0.6) is 5.75 Å². The molecule has 2 aromatic rings. The van der Waals surface area contributed by atoms with E-state index in [0.29, 0.717) is 17.1 Å². The quantitative estimate of drug-likeness (QED) is 0.652. The third-order valence-corrected chi connectivity index (χ3v) is 6.87. The first-order valence-corrected chi connectivity index (χ1v) is 11.8. The van der Waals surface area contributed by atoms with Gasteiger partial charge in [-0.1, -0.05) is 60.2 Å². The second-order valence-corrected chi connectivity index (χ2v) is 9.49. The number of nitrogens with one attached hydrogen (secondary N) is 1. The van der Waals surface area contributed by atoms with Crippen molar-refractivity contribution in [2.45, 2.75) is 18.3 Å². The van der Waals surface area contributed by atoms with Gasteiger partial charge >= 0.3 is 5.97 Å². The number of allylic oxidation sites excluding steroid dienone is 2. The number of hydrogen-bond donors (Lipinski definition) is 1. The zero-order valence-electron chi connectivity index (χ0n) is 17.5. The highest BCUT2D eigenvalue weighted by Crippen LogP contribution is 2.26. The van der Waals surface area contributed by atoms with Crippen molar-refractivity contribution in [3.8, 4) is 5.75 Å². The average Bonchev–Trinajstić information content (AvgIpc) is 3.07. The molecule has 32 heavy (non-hydrogen) atoms. The first-order valence-electron chi connectivity index (χ1n) is 10.3. The minimum Gasteiger partial charge on any atom is -0.490 e. The molecular weight excluding hydrogens is 428 g/mol. The van der Waals surface area contributed by atoms with Gasteiger partial charge in [-0.2, -0.15) is 0 Å². The Balaban J connectivity index is 1.50. The molecule has 0 bridgehead atoms. The first-order chi connectivity index (χ1) is 15.4. The molecule has 1 N–H and O–H groups in total. The Morgan fingerprint density at radius 1 is 1.06 bits per heavy atom. The number of esters is 1. The van der Waals surface area contributed by atoms with Gasteiger partial charge in [0.25, 0.3) is 0 Å². The van der Waals surface area contributed by atoms with Gasteiger partial charge in [-0.05, 0) is 31.2 Å². The summed E-state index contributed by atoms with van der Waals surface area (Å²) in [5.41, 5.74) is 1.46. The smallest absolute Gasteiger partial charge is 0.338 e. The molecule has 4 rings (SSSR count). The SMILES string of the molecule is Cc1ccc(C(=O)OC(CN=C2NS(=O)(=O)C3C=CC=CC23)COc2ccccc2)cc1. The summed E-state index contributed by atoms with van der Waals surface area (Å²) in [4.78, 5) is 17.1. The highest BCUT2D eigenvalue weighted by Gasteiger charge is 2.42. The maximum absolute atomic E-state index is 12.6. The maximum Gasteiger partial charge on any atom is 0.338 e. The van der Waals surface area contributed by atoms with Gasteiger partial charge in [0.1, 0.15) is 23.4 Å². The highest BCUT2D eigenvalue weighted by atomic mass is 32.2. The summed E-state index contributed by atoms with van der Waals surface area (Å²) in [6, 6.07) is 16.3. The van der Waals surface area contributed by atoms with Gasteiger partial charge in [0.15, 0.2) is 6.10 Å². The molecule has 3 unspecified atom stereocenters. The predicted octanol–water partition coefficient (Wildman–Crippen LogP) is 3.04. The van der Waals surface area contributed by atoms with Crippen LogP contribution in [0.1, 0.15) is 15.9 Å². The van der Waals surface area contributed by atoms with Crippen LogP contribution in [0.4, 0.5) is 0 Å². The van der Waals surface area contributed by atoms with Crippen molar-refractivity contribution < 1.29 is 22.7 Å². The molecule has 0 radical (unpaired) electrons. The van der Waals surface area contributed by atoms with Crippen LogP contribution in [-0.2, 0) is 14.8 Å². The maximum atomic E-state index is 12.6. The summed E-state index contributed by atoms with van der Waals surface area (Å²) >= 11 is 0. The molecule has 7 nitrogen and oxygen atoms in total. The second-order valence-electron chi connectivity index (χ2n) is 7.65. The number of aryl methyl sites for hydroxylation is 1. The Kier molecular flexibility index (Phi) is 6.41. The molecule has 0 spiro atoms. The Labute approximate surface area is 187 Å². The van der Waals surface area contributed by atoms with Crippen molar-refractivity contribution in [3.05, 3.63) is 90.0 Å². The lowest BCUT2D eigenvalue weighted by Crippen LogP contribution is -2.30. The van der Waals surface area contributed by atoms with Crippen molar-refractivity contribution >= 4 is 21.8 Å². The molecule has 1 aliphatic carbocycles. The average molecular weight is 453 g/mol. The van der Waals surface area contributed by atoms with Crippen molar-refractivity contribution in [2.75, 3.05) is 13.2 Å². The van der Waals surface area contributed by atoms with Gasteiger partial charge in [0.05, 0.1) is 18.0 Å². The van der Waals surface area contributed by atoms with E-state index in [2.05, 4.69) is 9.71 Å². The van der Waals surface area contributed by atoms with Gasteiger partial charge in [-0.25, -0.2) is 13.2 Å². The van der Waals surface area contributed by atoms with E-state index in [-0.39, 0.29) is 19.1 Å². The van der Waals surface area contributed by atoms with Crippen molar-refractivity contribution in [3.63, 3.8) is 0 Å². The van der Waals surface area contributed by atoms with Gasteiger partial charge < -0.3 is 9.47 Å². The number of para-hydroxylation sites is 1. The number of carbonyl (C=O) groups excluding carboxylic acids is 1. The fourth-order valence-electron chi connectivity index (χ4n) is 3.49. The van der Waals surface area contributed by atoms with Crippen LogP contribution in [0.2, 0.25) is 0 Å². The van der Waals surface area contributed by atoms with E-state index in [1.54, 1.807) is 48.6 Å². The largest absolute Gasteiger partial charge is 0.490 e. The summed E-state index contributed by atoms with van der Waals surface area (Å²) in [7, 11) is -3.53. The molecule has 1 saturated heterocycles. The van der Waals surface area contributed by atoms with Crippen LogP contribution in [0.3, 0.4) is 0 Å². The Morgan fingerprint density at radius 3 is 2.53 bits per heavy atom. The zero-order chi connectivity index (χ0) is 22.6. The zero-order valence-corrected chi connectivity index (χ0v) is 18.4. The number of hydrogen-bond acceptors (Lipinski definition) is 6. The summed E-state index contributed by atoms with van der Waals surface area (Å²) in [6.45, 7) is 2.07. The molecule has 0 amide bonds. The van der Waals surface area contributed by atoms with Gasteiger partial charge in [0.2, 0.25) is 10.0 Å². The molecular formula is C24H24N2O5S. The number of amidine groups is 1. The number of benzene rings is 2. The molecule has 0 aromatic heterocycles. The molecule has 166 valence electrons. The summed E-state index contributed by atoms with van der Waals surface area (Å²) in [6.07, 6.45) is 6.25. The fourth-order valence-corrected chi connectivity index (χ4v) is 5.02. The number of carbonyl (C=O) groups is 1. The van der Waals surface area contributed by atoms with Crippen molar-refractivity contribution in [1.29, 1.82) is 0 Å². The highest BCUT2D eigenvalue weighted by molar-refractivity contribution is 7.91. The number of aliphatic imine (C=N–C) groups is 1. The lowest BCUT2D eigenvalue weighted by molar-refractivity contribution is 0.0202. The van der Waals surface area contributed by atoms with Gasteiger partial charge in [-0.15, -0.1) is 0 Å². The topological polar surface area (TPSA) is 94.1 Å². The summed E-state index contributed by atoms with van der Waals surface area (Å²) in [5.74, 6) is 0.107. The molecule has 1 heterocycles. The minimum absolute atomic E-state index is 0.0586. The first kappa shape index (κ1) is 21.8. The molecule has 3 atom stereocenters. The third kappa shape index (κ3) is 5.08. The molecule has 2 aromatic carbocycles. The van der Waals surface area contributed by atoms with Crippen LogP contribution in [0, 0.1) is 12.8 Å². The number of rotatable bonds is 7. The van der Waals surface area contributed by atoms with E-state index >= 15 is 0 Å². The van der Waals surface area contributed by atoms with Crippen molar-refractivity contribution in [2.24, 2.45) is 10.9 Å². The minimum atomic E-state index is -3.53. The monoisotopic (exact) mass is 452 g/mol. The molecule has 0 saturated carbocycles. The van der Waals surface area contributed by atoms with E-state index in [0.717, 1.165) is 5.56 Å². The van der Waals surface area contributed by atoms with Crippen LogP contribution >= 0.6 is 0 Å². The lowest BCUT2D eigenvalue weighted by atomic mass is 9.99. The third-order valence-electron chi connectivity index (χ3n) is 5.21. The van der Waals surface area contributed by atoms with Crippen LogP contribution in [0.15, 0.2) is 83.9 Å². The lowest BCUT2D eigenvalue weighted by Gasteiger charge is -2.18. The van der Waals surface area contributed by atoms with E-state index in [1.807, 2.05) is 37.3 Å². The fraction of sp³-hybridized carbons (Fsp3) is 0.250. The molecule has 1 fully saturated rings. The van der Waals surface area contributed by atoms with E-state index in [9.17, 15) is 13.2 Å². The second kappa shape index (κ2) is 9.40. The van der Waals surface area contributed by atoms with Crippen LogP contribution in [-0.4, -0.2) is 44.7 Å². The Morgan fingerprint density at radius 2 is 1.78 bits per heavy atom. The van der Waals surface area contributed by atoms with Crippen LogP contribution < -0.4 is 9.46 Å². The number of ether oxygens (including phenoxy) is 2.